The van der Waals surface area contributed by atoms with Crippen LogP contribution in [0.3, 0.4) is 0 Å². The monoisotopic (exact) mass is 171 g/mol. The molecule has 0 spiro atoms. The normalized spacial score (nSPS) is 58.0. The molecule has 0 atom stereocenters. The maximum Gasteiger partial charge on any atom is 0.0691 e. The molecule has 3 rings (SSSR count). The second-order valence-electron chi connectivity index (χ2n) is 3.07. The van der Waals surface area contributed by atoms with Gasteiger partial charge in [-0.05, 0) is 19.3 Å². The molecule has 0 amide bonds. The predicted octanol–water partition coefficient (Wildman–Crippen LogP) is 1.83. The van der Waals surface area contributed by atoms with E-state index in [-0.39, 0.29) is 5.41 Å². The average molecular weight is 172 g/mol. The Morgan fingerprint density at radius 3 is 2.00 bits per heavy atom. The van der Waals surface area contributed by atoms with Gasteiger partial charge in [-0.15, -0.1) is 0 Å². The van der Waals surface area contributed by atoms with Crippen LogP contribution in [0, 0.1) is 16.7 Å². The smallest absolute Gasteiger partial charge is 0.0691 e. The van der Waals surface area contributed by atoms with Crippen molar-refractivity contribution in [3.8, 4) is 6.07 Å². The molecule has 2 bridgehead atoms. The van der Waals surface area contributed by atoms with Crippen LogP contribution in [0.1, 0.15) is 19.3 Å². The van der Waals surface area contributed by atoms with Crippen LogP contribution >= 0.6 is 15.9 Å². The fraction of sp³-hybridized carbons (Fsp3) is 0.833. The van der Waals surface area contributed by atoms with E-state index in [0.717, 1.165) is 19.3 Å². The summed E-state index contributed by atoms with van der Waals surface area (Å²) in [6.45, 7) is 0. The van der Waals surface area contributed by atoms with Gasteiger partial charge in [-0.3, -0.25) is 0 Å². The second kappa shape index (κ2) is 0.974. The van der Waals surface area contributed by atoms with Gasteiger partial charge in [0.05, 0.1) is 11.5 Å². The summed E-state index contributed by atoms with van der Waals surface area (Å²) < 4.78 is 0.419. The van der Waals surface area contributed by atoms with Crippen molar-refractivity contribution in [3.05, 3.63) is 0 Å². The van der Waals surface area contributed by atoms with Crippen LogP contribution in [0.5, 0.6) is 0 Å². The van der Waals surface area contributed by atoms with Crippen molar-refractivity contribution in [1.29, 1.82) is 5.26 Å². The second-order valence-corrected chi connectivity index (χ2v) is 4.76. The number of alkyl halides is 1. The Morgan fingerprint density at radius 1 is 1.38 bits per heavy atom. The quantitative estimate of drug-likeness (QED) is 0.511. The first-order valence-electron chi connectivity index (χ1n) is 2.78. The Hall–Kier alpha value is -0.0300. The highest BCUT2D eigenvalue weighted by Crippen LogP contribution is 2.71. The third-order valence-electron chi connectivity index (χ3n) is 2.20. The van der Waals surface area contributed by atoms with Gasteiger partial charge in [0.15, 0.2) is 0 Å². The lowest BCUT2D eigenvalue weighted by atomic mass is 9.45. The van der Waals surface area contributed by atoms with Gasteiger partial charge < -0.3 is 0 Å². The van der Waals surface area contributed by atoms with E-state index < -0.39 is 0 Å². The van der Waals surface area contributed by atoms with Crippen molar-refractivity contribution in [1.82, 2.24) is 0 Å². The van der Waals surface area contributed by atoms with E-state index in [9.17, 15) is 0 Å². The molecular formula is C6H6BrN. The van der Waals surface area contributed by atoms with Crippen LogP contribution in [-0.2, 0) is 0 Å². The van der Waals surface area contributed by atoms with Gasteiger partial charge in [-0.1, -0.05) is 15.9 Å². The molecule has 0 heterocycles. The lowest BCUT2D eigenvalue weighted by molar-refractivity contribution is -0.0123. The molecule has 3 aliphatic carbocycles. The summed E-state index contributed by atoms with van der Waals surface area (Å²) in [6, 6.07) is 2.34. The summed E-state index contributed by atoms with van der Waals surface area (Å²) in [5.74, 6) is 0. The molecule has 2 heteroatoms. The van der Waals surface area contributed by atoms with Gasteiger partial charge in [0.1, 0.15) is 0 Å². The first-order valence-corrected chi connectivity index (χ1v) is 3.58. The number of hydrogen-bond acceptors (Lipinski definition) is 1. The molecule has 0 saturated heterocycles. The summed E-state index contributed by atoms with van der Waals surface area (Å²) in [6.07, 6.45) is 3.28. The van der Waals surface area contributed by atoms with E-state index in [1.165, 1.54) is 0 Å². The maximum atomic E-state index is 8.53. The number of halogens is 1. The SMILES string of the molecule is N#CC12CC(Br)(C1)C2. The molecule has 3 saturated carbocycles. The first-order chi connectivity index (χ1) is 3.68. The molecule has 0 radical (unpaired) electrons. The minimum absolute atomic E-state index is 0.128. The molecule has 0 aromatic rings. The van der Waals surface area contributed by atoms with Gasteiger partial charge in [0, 0.05) is 4.32 Å². The van der Waals surface area contributed by atoms with Gasteiger partial charge >= 0.3 is 0 Å². The molecule has 42 valence electrons. The van der Waals surface area contributed by atoms with Crippen molar-refractivity contribution in [3.63, 3.8) is 0 Å². The third kappa shape index (κ3) is 0.335. The number of nitriles is 1. The Kier molecular flexibility index (Phi) is 0.586. The molecule has 3 fully saturated rings. The zero-order valence-corrected chi connectivity index (χ0v) is 6.03. The van der Waals surface area contributed by atoms with Gasteiger partial charge in [0.2, 0.25) is 0 Å². The highest BCUT2D eigenvalue weighted by Gasteiger charge is 2.67. The van der Waals surface area contributed by atoms with Crippen LogP contribution in [0.25, 0.3) is 0 Å². The minimum atomic E-state index is 0.128. The van der Waals surface area contributed by atoms with Crippen LogP contribution in [0.15, 0.2) is 0 Å². The van der Waals surface area contributed by atoms with Crippen molar-refractivity contribution < 1.29 is 0 Å². The van der Waals surface area contributed by atoms with E-state index in [1.54, 1.807) is 0 Å². The predicted molar refractivity (Wildman–Crippen MR) is 33.6 cm³/mol. The number of nitrogens with zero attached hydrogens (tertiary/aromatic N) is 1. The zero-order chi connectivity index (χ0) is 5.83. The topological polar surface area (TPSA) is 23.8 Å². The van der Waals surface area contributed by atoms with E-state index >= 15 is 0 Å². The lowest BCUT2D eigenvalue weighted by Gasteiger charge is -2.63. The molecule has 0 N–H and O–H groups in total. The number of hydrogen-bond donors (Lipinski definition) is 0. The zero-order valence-electron chi connectivity index (χ0n) is 4.45. The van der Waals surface area contributed by atoms with E-state index in [0.29, 0.717) is 4.32 Å². The van der Waals surface area contributed by atoms with Gasteiger partial charge in [-0.2, -0.15) is 5.26 Å². The summed E-state index contributed by atoms with van der Waals surface area (Å²) in [4.78, 5) is 0. The fourth-order valence-electron chi connectivity index (χ4n) is 1.78. The van der Waals surface area contributed by atoms with Gasteiger partial charge in [0.25, 0.3) is 0 Å². The maximum absolute atomic E-state index is 8.53. The Balaban J connectivity index is 2.17. The van der Waals surface area contributed by atoms with Crippen molar-refractivity contribution in [2.75, 3.05) is 0 Å². The first kappa shape index (κ1) is 4.81. The van der Waals surface area contributed by atoms with Crippen LogP contribution in [0.4, 0.5) is 0 Å². The molecule has 0 aromatic carbocycles. The Morgan fingerprint density at radius 2 is 1.88 bits per heavy atom. The summed E-state index contributed by atoms with van der Waals surface area (Å²) in [5, 5.41) is 8.53. The summed E-state index contributed by atoms with van der Waals surface area (Å²) >= 11 is 3.56. The van der Waals surface area contributed by atoms with Crippen molar-refractivity contribution in [2.24, 2.45) is 5.41 Å². The van der Waals surface area contributed by atoms with Crippen molar-refractivity contribution in [2.45, 2.75) is 23.6 Å². The van der Waals surface area contributed by atoms with E-state index in [2.05, 4.69) is 22.0 Å². The van der Waals surface area contributed by atoms with E-state index in [4.69, 9.17) is 5.26 Å². The summed E-state index contributed by atoms with van der Waals surface area (Å²) in [5.41, 5.74) is 0.128. The highest BCUT2D eigenvalue weighted by molar-refractivity contribution is 9.10. The van der Waals surface area contributed by atoms with Crippen molar-refractivity contribution >= 4 is 15.9 Å². The Bertz CT molecular complexity index is 160. The fourth-order valence-corrected chi connectivity index (χ4v) is 3.39. The minimum Gasteiger partial charge on any atom is -0.198 e. The third-order valence-corrected chi connectivity index (χ3v) is 3.04. The van der Waals surface area contributed by atoms with Crippen LogP contribution in [0.2, 0.25) is 0 Å². The lowest BCUT2D eigenvalue weighted by Crippen LogP contribution is -2.62. The average Bonchev–Trinajstić information content (AvgIpc) is 1.55. The number of rotatable bonds is 0. The largest absolute Gasteiger partial charge is 0.198 e. The van der Waals surface area contributed by atoms with Crippen LogP contribution in [-0.4, -0.2) is 4.32 Å². The molecule has 0 unspecified atom stereocenters. The molecule has 0 aliphatic heterocycles. The Labute approximate surface area is 56.8 Å². The molecule has 0 aromatic heterocycles. The molecular weight excluding hydrogens is 166 g/mol. The highest BCUT2D eigenvalue weighted by atomic mass is 79.9. The standard InChI is InChI=1S/C6H6BrN/c7-6-1-5(2-6,3-6)4-8/h1-3H2. The van der Waals surface area contributed by atoms with E-state index in [1.807, 2.05) is 0 Å². The molecule has 8 heavy (non-hydrogen) atoms. The summed E-state index contributed by atoms with van der Waals surface area (Å²) in [7, 11) is 0. The van der Waals surface area contributed by atoms with Gasteiger partial charge in [-0.25, -0.2) is 0 Å². The molecule has 3 aliphatic rings. The molecule has 1 nitrogen and oxygen atoms in total. The van der Waals surface area contributed by atoms with Crippen LogP contribution < -0.4 is 0 Å².